The number of ether oxygens (including phenoxy) is 1. The van der Waals surface area contributed by atoms with Crippen molar-refractivity contribution in [3.8, 4) is 11.5 Å². The standard InChI is InChI=1S/C18H24N2O/c1-4-12-19-13-15-7-9-16(10-8-15)21-18-11-6-14(3)20-17(18)5-2/h6-11,19H,4-5,12-13H2,1-3H3. The van der Waals surface area contributed by atoms with E-state index < -0.39 is 0 Å². The first-order valence-electron chi connectivity index (χ1n) is 7.67. The molecule has 0 saturated carbocycles. The minimum absolute atomic E-state index is 0.847. The van der Waals surface area contributed by atoms with Crippen molar-refractivity contribution in [2.45, 2.75) is 40.2 Å². The van der Waals surface area contributed by atoms with Crippen LogP contribution < -0.4 is 10.1 Å². The highest BCUT2D eigenvalue weighted by molar-refractivity contribution is 5.36. The summed E-state index contributed by atoms with van der Waals surface area (Å²) in [5.41, 5.74) is 3.30. The SMILES string of the molecule is CCCNCc1ccc(Oc2ccc(C)nc2CC)cc1. The smallest absolute Gasteiger partial charge is 0.148 e. The topological polar surface area (TPSA) is 34.1 Å². The molecule has 2 aromatic rings. The third-order valence-corrected chi connectivity index (χ3v) is 3.31. The second-order valence-electron chi connectivity index (χ2n) is 5.17. The molecule has 2 rings (SSSR count). The van der Waals surface area contributed by atoms with Crippen LogP contribution in [-0.4, -0.2) is 11.5 Å². The van der Waals surface area contributed by atoms with Crippen molar-refractivity contribution < 1.29 is 4.74 Å². The summed E-state index contributed by atoms with van der Waals surface area (Å²) in [5.74, 6) is 1.70. The van der Waals surface area contributed by atoms with Gasteiger partial charge in [-0.05, 0) is 56.1 Å². The average Bonchev–Trinajstić information content (AvgIpc) is 2.51. The molecule has 0 aliphatic heterocycles. The number of aromatic nitrogens is 1. The van der Waals surface area contributed by atoms with Gasteiger partial charge in [-0.15, -0.1) is 0 Å². The molecule has 1 N–H and O–H groups in total. The highest BCUT2D eigenvalue weighted by atomic mass is 16.5. The van der Waals surface area contributed by atoms with Gasteiger partial charge in [0.05, 0.1) is 5.69 Å². The van der Waals surface area contributed by atoms with Crippen LogP contribution in [0.2, 0.25) is 0 Å². The maximum atomic E-state index is 5.95. The summed E-state index contributed by atoms with van der Waals surface area (Å²) >= 11 is 0. The van der Waals surface area contributed by atoms with E-state index in [1.807, 2.05) is 31.2 Å². The Labute approximate surface area is 127 Å². The highest BCUT2D eigenvalue weighted by Crippen LogP contribution is 2.25. The van der Waals surface area contributed by atoms with Crippen LogP contribution in [0.15, 0.2) is 36.4 Å². The molecule has 21 heavy (non-hydrogen) atoms. The predicted molar refractivity (Wildman–Crippen MR) is 86.9 cm³/mol. The van der Waals surface area contributed by atoms with Gasteiger partial charge in [0.2, 0.25) is 0 Å². The third kappa shape index (κ3) is 4.57. The average molecular weight is 284 g/mol. The van der Waals surface area contributed by atoms with Crippen LogP contribution in [0.4, 0.5) is 0 Å². The van der Waals surface area contributed by atoms with Crippen LogP contribution in [0.5, 0.6) is 11.5 Å². The van der Waals surface area contributed by atoms with Crippen LogP contribution in [-0.2, 0) is 13.0 Å². The predicted octanol–water partition coefficient (Wildman–Crippen LogP) is 4.24. The summed E-state index contributed by atoms with van der Waals surface area (Å²) in [4.78, 5) is 4.52. The molecule has 0 atom stereocenters. The molecule has 0 unspecified atom stereocenters. The molecule has 112 valence electrons. The number of pyridine rings is 1. The van der Waals surface area contributed by atoms with Gasteiger partial charge in [-0.3, -0.25) is 4.98 Å². The Bertz CT molecular complexity index is 564. The number of aryl methyl sites for hydroxylation is 2. The molecule has 1 heterocycles. The Kier molecular flexibility index (Phi) is 5.76. The maximum Gasteiger partial charge on any atom is 0.148 e. The van der Waals surface area contributed by atoms with E-state index in [4.69, 9.17) is 4.74 Å². The summed E-state index contributed by atoms with van der Waals surface area (Å²) in [5, 5.41) is 3.39. The second-order valence-corrected chi connectivity index (χ2v) is 5.17. The molecule has 0 aliphatic rings. The lowest BCUT2D eigenvalue weighted by molar-refractivity contribution is 0.472. The third-order valence-electron chi connectivity index (χ3n) is 3.31. The quantitative estimate of drug-likeness (QED) is 0.772. The normalized spacial score (nSPS) is 10.6. The Morgan fingerprint density at radius 3 is 2.48 bits per heavy atom. The molecular formula is C18H24N2O. The van der Waals surface area contributed by atoms with E-state index in [9.17, 15) is 0 Å². The molecule has 1 aromatic heterocycles. The number of nitrogens with zero attached hydrogens (tertiary/aromatic N) is 1. The lowest BCUT2D eigenvalue weighted by atomic mass is 10.2. The molecule has 1 aromatic carbocycles. The van der Waals surface area contributed by atoms with Crippen molar-refractivity contribution in [1.29, 1.82) is 0 Å². The summed E-state index contributed by atoms with van der Waals surface area (Å²) < 4.78 is 5.95. The minimum Gasteiger partial charge on any atom is -0.455 e. The molecular weight excluding hydrogens is 260 g/mol. The molecule has 0 saturated heterocycles. The fourth-order valence-electron chi connectivity index (χ4n) is 2.16. The Hall–Kier alpha value is -1.87. The summed E-state index contributed by atoms with van der Waals surface area (Å²) in [6.45, 7) is 8.22. The molecule has 0 fully saturated rings. The van der Waals surface area contributed by atoms with E-state index in [0.717, 1.165) is 48.8 Å². The zero-order valence-corrected chi connectivity index (χ0v) is 13.1. The largest absolute Gasteiger partial charge is 0.455 e. The first kappa shape index (κ1) is 15.5. The number of nitrogens with one attached hydrogen (secondary N) is 1. The van der Waals surface area contributed by atoms with Crippen LogP contribution in [0.25, 0.3) is 0 Å². The van der Waals surface area contributed by atoms with E-state index in [-0.39, 0.29) is 0 Å². The Morgan fingerprint density at radius 1 is 1.05 bits per heavy atom. The molecule has 0 amide bonds. The van der Waals surface area contributed by atoms with Crippen LogP contribution in [0.1, 0.15) is 37.2 Å². The highest BCUT2D eigenvalue weighted by Gasteiger charge is 2.05. The molecule has 3 heteroatoms. The number of hydrogen-bond donors (Lipinski definition) is 1. The van der Waals surface area contributed by atoms with Gasteiger partial charge in [0.15, 0.2) is 0 Å². The number of hydrogen-bond acceptors (Lipinski definition) is 3. The van der Waals surface area contributed by atoms with Crippen molar-refractivity contribution in [3.05, 3.63) is 53.3 Å². The first-order chi connectivity index (χ1) is 10.2. The summed E-state index contributed by atoms with van der Waals surface area (Å²) in [6.07, 6.45) is 2.03. The van der Waals surface area contributed by atoms with Gasteiger partial charge in [-0.25, -0.2) is 0 Å². The van der Waals surface area contributed by atoms with E-state index in [1.165, 1.54) is 5.56 Å². The summed E-state index contributed by atoms with van der Waals surface area (Å²) in [6, 6.07) is 12.2. The zero-order chi connectivity index (χ0) is 15.1. The second kappa shape index (κ2) is 7.79. The van der Waals surface area contributed by atoms with Crippen molar-refractivity contribution in [2.24, 2.45) is 0 Å². The van der Waals surface area contributed by atoms with Crippen molar-refractivity contribution in [1.82, 2.24) is 10.3 Å². The van der Waals surface area contributed by atoms with Crippen molar-refractivity contribution in [2.75, 3.05) is 6.54 Å². The fraction of sp³-hybridized carbons (Fsp3) is 0.389. The number of benzene rings is 1. The van der Waals surface area contributed by atoms with Crippen molar-refractivity contribution in [3.63, 3.8) is 0 Å². The molecule has 3 nitrogen and oxygen atoms in total. The van der Waals surface area contributed by atoms with E-state index >= 15 is 0 Å². The van der Waals surface area contributed by atoms with Crippen LogP contribution in [0.3, 0.4) is 0 Å². The Balaban J connectivity index is 2.03. The number of rotatable bonds is 7. The monoisotopic (exact) mass is 284 g/mol. The van der Waals surface area contributed by atoms with Gasteiger partial charge in [-0.1, -0.05) is 26.0 Å². The van der Waals surface area contributed by atoms with Gasteiger partial charge < -0.3 is 10.1 Å². The van der Waals surface area contributed by atoms with E-state index in [2.05, 4.69) is 36.3 Å². The molecule has 0 aliphatic carbocycles. The van der Waals surface area contributed by atoms with E-state index in [1.54, 1.807) is 0 Å². The van der Waals surface area contributed by atoms with Crippen LogP contribution in [0, 0.1) is 6.92 Å². The lowest BCUT2D eigenvalue weighted by Crippen LogP contribution is -2.13. The molecule has 0 bridgehead atoms. The van der Waals surface area contributed by atoms with Crippen molar-refractivity contribution >= 4 is 0 Å². The lowest BCUT2D eigenvalue weighted by Gasteiger charge is -2.11. The van der Waals surface area contributed by atoms with E-state index in [0.29, 0.717) is 0 Å². The Morgan fingerprint density at radius 2 is 1.81 bits per heavy atom. The molecule has 0 radical (unpaired) electrons. The van der Waals surface area contributed by atoms with Gasteiger partial charge in [0.1, 0.15) is 11.5 Å². The first-order valence-corrected chi connectivity index (χ1v) is 7.67. The zero-order valence-electron chi connectivity index (χ0n) is 13.1. The van der Waals surface area contributed by atoms with Gasteiger partial charge in [-0.2, -0.15) is 0 Å². The van der Waals surface area contributed by atoms with Crippen LogP contribution >= 0.6 is 0 Å². The minimum atomic E-state index is 0.847. The fourth-order valence-corrected chi connectivity index (χ4v) is 2.16. The molecule has 0 spiro atoms. The van der Waals surface area contributed by atoms with Gasteiger partial charge >= 0.3 is 0 Å². The van der Waals surface area contributed by atoms with Gasteiger partial charge in [0, 0.05) is 12.2 Å². The van der Waals surface area contributed by atoms with Gasteiger partial charge in [0.25, 0.3) is 0 Å². The summed E-state index contributed by atoms with van der Waals surface area (Å²) in [7, 11) is 0. The maximum absolute atomic E-state index is 5.95.